The van der Waals surface area contributed by atoms with Crippen LogP contribution in [0.25, 0.3) is 10.9 Å². The molecule has 5 heteroatoms. The number of rotatable bonds is 2. The molecular weight excluding hydrogens is 344 g/mol. The Hall–Kier alpha value is -2.11. The maximum atomic E-state index is 13.3. The topological polar surface area (TPSA) is 42.3 Å². The first-order valence-corrected chi connectivity index (χ1v) is 10.7. The van der Waals surface area contributed by atoms with Crippen LogP contribution in [-0.4, -0.2) is 23.8 Å². The van der Waals surface area contributed by atoms with E-state index in [0.29, 0.717) is 11.4 Å². The van der Waals surface area contributed by atoms with E-state index in [2.05, 4.69) is 29.7 Å². The molecular formula is C21H22N2O2S. The van der Waals surface area contributed by atoms with Crippen LogP contribution in [0.5, 0.6) is 0 Å². The zero-order valence-electron chi connectivity index (χ0n) is 14.9. The van der Waals surface area contributed by atoms with Crippen LogP contribution in [-0.2, 0) is 23.0 Å². The lowest BCUT2D eigenvalue weighted by atomic mass is 9.90. The third-order valence-electron chi connectivity index (χ3n) is 5.83. The molecule has 1 aromatic heterocycles. The Morgan fingerprint density at radius 2 is 1.85 bits per heavy atom. The van der Waals surface area contributed by atoms with Crippen molar-refractivity contribution >= 4 is 20.9 Å². The van der Waals surface area contributed by atoms with Crippen molar-refractivity contribution in [2.45, 2.75) is 43.7 Å². The molecule has 3 aromatic rings. The van der Waals surface area contributed by atoms with Crippen LogP contribution in [0.15, 0.2) is 53.4 Å². The molecule has 5 rings (SSSR count). The maximum Gasteiger partial charge on any atom is 0.243 e. The Morgan fingerprint density at radius 1 is 1.04 bits per heavy atom. The molecule has 0 radical (unpaired) electrons. The van der Waals surface area contributed by atoms with Crippen molar-refractivity contribution in [3.8, 4) is 0 Å². The highest BCUT2D eigenvalue weighted by Crippen LogP contribution is 2.44. The van der Waals surface area contributed by atoms with E-state index in [4.69, 9.17) is 0 Å². The summed E-state index contributed by atoms with van der Waals surface area (Å²) in [6, 6.07) is 15.4. The molecule has 0 saturated carbocycles. The second kappa shape index (κ2) is 5.69. The highest BCUT2D eigenvalue weighted by atomic mass is 32.2. The van der Waals surface area contributed by atoms with Gasteiger partial charge in [-0.1, -0.05) is 29.8 Å². The average molecular weight is 366 g/mol. The molecule has 1 aliphatic heterocycles. The minimum Gasteiger partial charge on any atom is -0.341 e. The third kappa shape index (κ3) is 2.20. The first-order valence-electron chi connectivity index (χ1n) is 9.26. The molecule has 0 saturated heterocycles. The van der Waals surface area contributed by atoms with E-state index >= 15 is 0 Å². The molecule has 0 amide bonds. The SMILES string of the molecule is Cc1ccc2c(c1)c1c3n2CCN(S(=O)(=O)c2ccccc2)[C@@H]3CCC1. The highest BCUT2D eigenvalue weighted by molar-refractivity contribution is 7.89. The lowest BCUT2D eigenvalue weighted by molar-refractivity contribution is 0.243. The van der Waals surface area contributed by atoms with E-state index in [0.717, 1.165) is 25.8 Å². The largest absolute Gasteiger partial charge is 0.341 e. The summed E-state index contributed by atoms with van der Waals surface area (Å²) in [5, 5.41) is 1.31. The summed E-state index contributed by atoms with van der Waals surface area (Å²) < 4.78 is 30.7. The van der Waals surface area contributed by atoms with Gasteiger partial charge in [-0.25, -0.2) is 8.42 Å². The quantitative estimate of drug-likeness (QED) is 0.687. The monoisotopic (exact) mass is 366 g/mol. The van der Waals surface area contributed by atoms with Gasteiger partial charge in [0.1, 0.15) is 0 Å². The fraction of sp³-hybridized carbons (Fsp3) is 0.333. The van der Waals surface area contributed by atoms with Gasteiger partial charge in [0, 0.05) is 29.7 Å². The van der Waals surface area contributed by atoms with Crippen LogP contribution in [0, 0.1) is 6.92 Å². The minimum atomic E-state index is -3.47. The fourth-order valence-electron chi connectivity index (χ4n) is 4.70. The molecule has 0 bridgehead atoms. The molecule has 0 N–H and O–H groups in total. The van der Waals surface area contributed by atoms with Gasteiger partial charge in [0.25, 0.3) is 0 Å². The minimum absolute atomic E-state index is 0.0505. The standard InChI is InChI=1S/C21H22N2O2S/c1-15-10-11-19-18(14-15)17-8-5-9-20-21(17)22(19)12-13-23(20)26(24,25)16-6-3-2-4-7-16/h2-4,6-7,10-11,14,20H,5,8-9,12-13H2,1H3/t20-/m1/s1. The highest BCUT2D eigenvalue weighted by Gasteiger charge is 2.40. The molecule has 2 aromatic carbocycles. The average Bonchev–Trinajstić information content (AvgIpc) is 2.98. The van der Waals surface area contributed by atoms with Gasteiger partial charge >= 0.3 is 0 Å². The van der Waals surface area contributed by atoms with Gasteiger partial charge in [0.05, 0.1) is 10.9 Å². The summed E-state index contributed by atoms with van der Waals surface area (Å²) in [6.07, 6.45) is 2.97. The van der Waals surface area contributed by atoms with Crippen LogP contribution in [0.4, 0.5) is 0 Å². The fourth-order valence-corrected chi connectivity index (χ4v) is 6.34. The molecule has 26 heavy (non-hydrogen) atoms. The number of hydrogen-bond acceptors (Lipinski definition) is 2. The van der Waals surface area contributed by atoms with Gasteiger partial charge < -0.3 is 4.57 Å². The summed E-state index contributed by atoms with van der Waals surface area (Å²) in [4.78, 5) is 0.396. The van der Waals surface area contributed by atoms with Gasteiger partial charge in [0.15, 0.2) is 0 Å². The van der Waals surface area contributed by atoms with Crippen molar-refractivity contribution in [3.05, 3.63) is 65.4 Å². The Kier molecular flexibility index (Phi) is 3.52. The Bertz CT molecular complexity index is 1100. The van der Waals surface area contributed by atoms with E-state index in [1.165, 1.54) is 27.7 Å². The zero-order chi connectivity index (χ0) is 17.9. The number of nitrogens with zero attached hydrogens (tertiary/aromatic N) is 2. The predicted octanol–water partition coefficient (Wildman–Crippen LogP) is 4.03. The molecule has 2 heterocycles. The number of benzene rings is 2. The predicted molar refractivity (Wildman–Crippen MR) is 103 cm³/mol. The smallest absolute Gasteiger partial charge is 0.243 e. The van der Waals surface area contributed by atoms with Crippen molar-refractivity contribution in [2.75, 3.05) is 6.54 Å². The third-order valence-corrected chi connectivity index (χ3v) is 7.75. The molecule has 134 valence electrons. The van der Waals surface area contributed by atoms with Gasteiger partial charge in [-0.05, 0) is 56.0 Å². The van der Waals surface area contributed by atoms with Crippen molar-refractivity contribution in [1.82, 2.24) is 8.87 Å². The molecule has 4 nitrogen and oxygen atoms in total. The maximum absolute atomic E-state index is 13.3. The molecule has 2 aliphatic rings. The molecule has 1 atom stereocenters. The van der Waals surface area contributed by atoms with Crippen LogP contribution < -0.4 is 0 Å². The number of fused-ring (bicyclic) bond motifs is 3. The van der Waals surface area contributed by atoms with E-state index in [9.17, 15) is 8.42 Å². The normalized spacial score (nSPS) is 20.3. The second-order valence-corrected chi connectivity index (χ2v) is 9.26. The van der Waals surface area contributed by atoms with E-state index in [1.807, 2.05) is 6.07 Å². The second-order valence-electron chi connectivity index (χ2n) is 7.37. The Morgan fingerprint density at radius 3 is 2.65 bits per heavy atom. The van der Waals surface area contributed by atoms with Crippen molar-refractivity contribution < 1.29 is 8.42 Å². The van der Waals surface area contributed by atoms with Gasteiger partial charge in [0.2, 0.25) is 10.0 Å². The number of aryl methyl sites for hydroxylation is 2. The summed E-state index contributed by atoms with van der Waals surface area (Å²) >= 11 is 0. The lowest BCUT2D eigenvalue weighted by Crippen LogP contribution is -2.43. The molecule has 1 aliphatic carbocycles. The summed E-state index contributed by atoms with van der Waals surface area (Å²) in [6.45, 7) is 3.37. The van der Waals surface area contributed by atoms with Crippen molar-refractivity contribution in [2.24, 2.45) is 0 Å². The first-order chi connectivity index (χ1) is 12.6. The van der Waals surface area contributed by atoms with E-state index < -0.39 is 10.0 Å². The van der Waals surface area contributed by atoms with E-state index in [1.54, 1.807) is 28.6 Å². The van der Waals surface area contributed by atoms with Crippen LogP contribution in [0.1, 0.15) is 35.7 Å². The lowest BCUT2D eigenvalue weighted by Gasteiger charge is -2.39. The summed E-state index contributed by atoms with van der Waals surface area (Å²) in [5.41, 5.74) is 5.09. The first kappa shape index (κ1) is 16.1. The van der Waals surface area contributed by atoms with Crippen LogP contribution in [0.2, 0.25) is 0 Å². The Labute approximate surface area is 154 Å². The zero-order valence-corrected chi connectivity index (χ0v) is 15.7. The number of hydrogen-bond donors (Lipinski definition) is 0. The van der Waals surface area contributed by atoms with Gasteiger partial charge in [-0.15, -0.1) is 0 Å². The molecule has 0 spiro atoms. The van der Waals surface area contributed by atoms with Gasteiger partial charge in [-0.3, -0.25) is 0 Å². The molecule has 0 fully saturated rings. The van der Waals surface area contributed by atoms with Gasteiger partial charge in [-0.2, -0.15) is 4.31 Å². The summed E-state index contributed by atoms with van der Waals surface area (Å²) in [7, 11) is -3.47. The van der Waals surface area contributed by atoms with Crippen LogP contribution >= 0.6 is 0 Å². The number of sulfonamides is 1. The van der Waals surface area contributed by atoms with Crippen molar-refractivity contribution in [1.29, 1.82) is 0 Å². The Balaban J connectivity index is 1.69. The van der Waals surface area contributed by atoms with Crippen LogP contribution in [0.3, 0.4) is 0 Å². The van der Waals surface area contributed by atoms with Crippen molar-refractivity contribution in [3.63, 3.8) is 0 Å². The summed E-state index contributed by atoms with van der Waals surface area (Å²) in [5.74, 6) is 0. The number of aromatic nitrogens is 1. The van der Waals surface area contributed by atoms with E-state index in [-0.39, 0.29) is 6.04 Å². The molecule has 0 unspecified atom stereocenters.